The van der Waals surface area contributed by atoms with E-state index in [1.165, 1.54) is 19.3 Å². The lowest BCUT2D eigenvalue weighted by molar-refractivity contribution is 0.0293. The topological polar surface area (TPSA) is 20.2 Å². The van der Waals surface area contributed by atoms with E-state index in [1.807, 2.05) is 0 Å². The summed E-state index contributed by atoms with van der Waals surface area (Å²) < 4.78 is 0. The Hall–Kier alpha value is -0.0400. The van der Waals surface area contributed by atoms with Gasteiger partial charge in [-0.25, -0.2) is 0 Å². The fourth-order valence-corrected chi connectivity index (χ4v) is 2.35. The molecule has 1 nitrogen and oxygen atoms in total. The van der Waals surface area contributed by atoms with Gasteiger partial charge in [0.1, 0.15) is 0 Å². The maximum absolute atomic E-state index is 10.2. The van der Waals surface area contributed by atoms with Crippen LogP contribution in [0.5, 0.6) is 0 Å². The van der Waals surface area contributed by atoms with E-state index in [-0.39, 0.29) is 5.60 Å². The van der Waals surface area contributed by atoms with Crippen molar-refractivity contribution in [2.45, 2.75) is 64.9 Å². The molecular formula is C12H24O. The first-order chi connectivity index (χ1) is 6.06. The van der Waals surface area contributed by atoms with Gasteiger partial charge in [-0.05, 0) is 43.9 Å². The zero-order chi connectivity index (χ0) is 9.90. The highest BCUT2D eigenvalue weighted by Crippen LogP contribution is 2.39. The molecule has 1 aliphatic carbocycles. The van der Waals surface area contributed by atoms with Gasteiger partial charge in [0.15, 0.2) is 0 Å². The average Bonchev–Trinajstić information content (AvgIpc) is 2.45. The van der Waals surface area contributed by atoms with Crippen LogP contribution in [-0.4, -0.2) is 10.7 Å². The standard InChI is InChI=1S/C12H24O/c1-4-11-6-8-12(13,9-11)7-5-10(2)3/h10-11,13H,4-9H2,1-3H3. The maximum atomic E-state index is 10.2. The lowest BCUT2D eigenvalue weighted by Crippen LogP contribution is -2.25. The van der Waals surface area contributed by atoms with E-state index < -0.39 is 0 Å². The first-order valence-corrected chi connectivity index (χ1v) is 5.78. The molecule has 1 N–H and O–H groups in total. The highest BCUT2D eigenvalue weighted by atomic mass is 16.3. The zero-order valence-corrected chi connectivity index (χ0v) is 9.34. The number of rotatable bonds is 4. The lowest BCUT2D eigenvalue weighted by atomic mass is 9.91. The summed E-state index contributed by atoms with van der Waals surface area (Å²) in [5.41, 5.74) is -0.301. The molecule has 0 saturated heterocycles. The summed E-state index contributed by atoms with van der Waals surface area (Å²) in [5.74, 6) is 1.52. The minimum atomic E-state index is -0.301. The van der Waals surface area contributed by atoms with Gasteiger partial charge >= 0.3 is 0 Å². The van der Waals surface area contributed by atoms with Gasteiger partial charge in [-0.1, -0.05) is 27.2 Å². The van der Waals surface area contributed by atoms with Crippen molar-refractivity contribution in [1.29, 1.82) is 0 Å². The SMILES string of the molecule is CCC1CCC(O)(CCC(C)C)C1. The summed E-state index contributed by atoms with van der Waals surface area (Å²) in [6.45, 7) is 6.70. The second kappa shape index (κ2) is 4.45. The van der Waals surface area contributed by atoms with E-state index in [0.29, 0.717) is 0 Å². The molecule has 0 aromatic heterocycles. The molecule has 1 heteroatoms. The van der Waals surface area contributed by atoms with Crippen molar-refractivity contribution < 1.29 is 5.11 Å². The number of hydrogen-bond donors (Lipinski definition) is 1. The van der Waals surface area contributed by atoms with E-state index in [4.69, 9.17) is 0 Å². The second-order valence-electron chi connectivity index (χ2n) is 5.17. The Labute approximate surface area is 82.5 Å². The molecule has 2 atom stereocenters. The van der Waals surface area contributed by atoms with Crippen molar-refractivity contribution in [3.63, 3.8) is 0 Å². The molecule has 0 bridgehead atoms. The average molecular weight is 184 g/mol. The van der Waals surface area contributed by atoms with Crippen molar-refractivity contribution in [2.75, 3.05) is 0 Å². The van der Waals surface area contributed by atoms with Crippen LogP contribution in [0.15, 0.2) is 0 Å². The molecule has 1 saturated carbocycles. The molecule has 0 aliphatic heterocycles. The van der Waals surface area contributed by atoms with Crippen LogP contribution in [0.4, 0.5) is 0 Å². The third-order valence-corrected chi connectivity index (χ3v) is 3.45. The minimum Gasteiger partial charge on any atom is -0.390 e. The zero-order valence-electron chi connectivity index (χ0n) is 9.34. The normalized spacial score (nSPS) is 34.4. The van der Waals surface area contributed by atoms with Crippen molar-refractivity contribution in [2.24, 2.45) is 11.8 Å². The van der Waals surface area contributed by atoms with Crippen LogP contribution in [0, 0.1) is 11.8 Å². The molecule has 2 unspecified atom stereocenters. The molecule has 13 heavy (non-hydrogen) atoms. The predicted octanol–water partition coefficient (Wildman–Crippen LogP) is 3.36. The molecule has 1 rings (SSSR count). The molecule has 0 aromatic rings. The molecule has 0 heterocycles. The quantitative estimate of drug-likeness (QED) is 0.710. The second-order valence-corrected chi connectivity index (χ2v) is 5.17. The van der Waals surface area contributed by atoms with E-state index >= 15 is 0 Å². The molecular weight excluding hydrogens is 160 g/mol. The fourth-order valence-electron chi connectivity index (χ4n) is 2.35. The van der Waals surface area contributed by atoms with Crippen molar-refractivity contribution >= 4 is 0 Å². The van der Waals surface area contributed by atoms with Crippen molar-refractivity contribution in [3.05, 3.63) is 0 Å². The Kier molecular flexibility index (Phi) is 3.78. The summed E-state index contributed by atoms with van der Waals surface area (Å²) in [4.78, 5) is 0. The largest absolute Gasteiger partial charge is 0.390 e. The van der Waals surface area contributed by atoms with Crippen LogP contribution in [0.3, 0.4) is 0 Å². The monoisotopic (exact) mass is 184 g/mol. The van der Waals surface area contributed by atoms with Crippen LogP contribution >= 0.6 is 0 Å². The summed E-state index contributed by atoms with van der Waals surface area (Å²) in [7, 11) is 0. The van der Waals surface area contributed by atoms with E-state index in [2.05, 4.69) is 20.8 Å². The highest BCUT2D eigenvalue weighted by molar-refractivity contribution is 4.88. The van der Waals surface area contributed by atoms with Crippen molar-refractivity contribution in [1.82, 2.24) is 0 Å². The van der Waals surface area contributed by atoms with Gasteiger partial charge < -0.3 is 5.11 Å². The molecule has 1 aliphatic rings. The fraction of sp³-hybridized carbons (Fsp3) is 1.00. The van der Waals surface area contributed by atoms with Gasteiger partial charge in [0, 0.05) is 0 Å². The summed E-state index contributed by atoms with van der Waals surface area (Å²) in [6, 6.07) is 0. The van der Waals surface area contributed by atoms with Gasteiger partial charge in [0.2, 0.25) is 0 Å². The Morgan fingerprint density at radius 1 is 1.46 bits per heavy atom. The molecule has 0 radical (unpaired) electrons. The molecule has 0 aromatic carbocycles. The molecule has 1 fully saturated rings. The van der Waals surface area contributed by atoms with Crippen LogP contribution < -0.4 is 0 Å². The Bertz CT molecular complexity index is 153. The summed E-state index contributed by atoms with van der Waals surface area (Å²) in [5, 5.41) is 10.2. The maximum Gasteiger partial charge on any atom is 0.0650 e. The van der Waals surface area contributed by atoms with Gasteiger partial charge in [0.05, 0.1) is 5.60 Å². The highest BCUT2D eigenvalue weighted by Gasteiger charge is 2.35. The first-order valence-electron chi connectivity index (χ1n) is 5.78. The minimum absolute atomic E-state index is 0.301. The Morgan fingerprint density at radius 2 is 2.15 bits per heavy atom. The van der Waals surface area contributed by atoms with Gasteiger partial charge in [-0.15, -0.1) is 0 Å². The van der Waals surface area contributed by atoms with Crippen molar-refractivity contribution in [3.8, 4) is 0 Å². The third-order valence-electron chi connectivity index (χ3n) is 3.45. The Balaban J connectivity index is 2.31. The smallest absolute Gasteiger partial charge is 0.0650 e. The third kappa shape index (κ3) is 3.30. The van der Waals surface area contributed by atoms with Gasteiger partial charge in [-0.3, -0.25) is 0 Å². The lowest BCUT2D eigenvalue weighted by Gasteiger charge is -2.23. The van der Waals surface area contributed by atoms with Crippen LogP contribution in [0.1, 0.15) is 59.3 Å². The van der Waals surface area contributed by atoms with Gasteiger partial charge in [-0.2, -0.15) is 0 Å². The predicted molar refractivity (Wildman–Crippen MR) is 56.7 cm³/mol. The van der Waals surface area contributed by atoms with Crippen LogP contribution in [0.25, 0.3) is 0 Å². The summed E-state index contributed by atoms with van der Waals surface area (Å²) in [6.07, 6.45) is 6.76. The number of aliphatic hydroxyl groups is 1. The van der Waals surface area contributed by atoms with Gasteiger partial charge in [0.25, 0.3) is 0 Å². The molecule has 0 spiro atoms. The van der Waals surface area contributed by atoms with E-state index in [1.54, 1.807) is 0 Å². The van der Waals surface area contributed by atoms with E-state index in [9.17, 15) is 5.11 Å². The first kappa shape index (κ1) is 11.0. The molecule has 78 valence electrons. The summed E-state index contributed by atoms with van der Waals surface area (Å²) >= 11 is 0. The molecule has 0 amide bonds. The number of hydrogen-bond acceptors (Lipinski definition) is 1. The van der Waals surface area contributed by atoms with Crippen LogP contribution in [0.2, 0.25) is 0 Å². The Morgan fingerprint density at radius 3 is 2.62 bits per heavy atom. The van der Waals surface area contributed by atoms with Crippen LogP contribution in [-0.2, 0) is 0 Å². The van der Waals surface area contributed by atoms with E-state index in [0.717, 1.165) is 31.1 Å².